The predicted molar refractivity (Wildman–Crippen MR) is 114 cm³/mol. The van der Waals surface area contributed by atoms with Gasteiger partial charge in [-0.2, -0.15) is 0 Å². The lowest BCUT2D eigenvalue weighted by Gasteiger charge is -2.23. The maximum Gasteiger partial charge on any atom is 0.242 e. The SMILES string of the molecule is c1cnc2c(OCC3CNCCO3)nc(-c3ccc(C4CCOCC4)cc3)cc2n1. The summed E-state index contributed by atoms with van der Waals surface area (Å²) in [7, 11) is 0. The van der Waals surface area contributed by atoms with Gasteiger partial charge in [0.25, 0.3) is 0 Å². The Bertz CT molecular complexity index is 983. The number of nitrogens with zero attached hydrogens (tertiary/aromatic N) is 3. The number of hydrogen-bond donors (Lipinski definition) is 1. The van der Waals surface area contributed by atoms with Crippen molar-refractivity contribution in [3.8, 4) is 17.1 Å². The molecule has 2 aromatic heterocycles. The topological polar surface area (TPSA) is 78.4 Å². The average Bonchev–Trinajstić information content (AvgIpc) is 2.84. The molecule has 3 aromatic rings. The molecule has 0 aliphatic carbocycles. The third-order valence-corrected chi connectivity index (χ3v) is 5.73. The Morgan fingerprint density at radius 3 is 2.67 bits per heavy atom. The third kappa shape index (κ3) is 4.28. The number of rotatable bonds is 5. The van der Waals surface area contributed by atoms with E-state index in [2.05, 4.69) is 39.6 Å². The maximum atomic E-state index is 6.05. The zero-order valence-corrected chi connectivity index (χ0v) is 16.9. The molecular weight excluding hydrogens is 380 g/mol. The number of ether oxygens (including phenoxy) is 3. The zero-order chi connectivity index (χ0) is 20.2. The second kappa shape index (κ2) is 9.04. The van der Waals surface area contributed by atoms with Crippen molar-refractivity contribution in [2.45, 2.75) is 24.9 Å². The summed E-state index contributed by atoms with van der Waals surface area (Å²) in [6.07, 6.45) is 5.53. The number of hydrogen-bond acceptors (Lipinski definition) is 7. The number of fused-ring (bicyclic) bond motifs is 1. The van der Waals surface area contributed by atoms with E-state index in [0.29, 0.717) is 30.5 Å². The summed E-state index contributed by atoms with van der Waals surface area (Å²) in [5.41, 5.74) is 4.68. The molecule has 0 bridgehead atoms. The number of nitrogens with one attached hydrogen (secondary N) is 1. The van der Waals surface area contributed by atoms with Gasteiger partial charge in [0.15, 0.2) is 5.52 Å². The second-order valence-electron chi connectivity index (χ2n) is 7.75. The van der Waals surface area contributed by atoms with Crippen molar-refractivity contribution in [3.05, 3.63) is 48.3 Å². The van der Waals surface area contributed by atoms with E-state index in [1.165, 1.54) is 5.56 Å². The van der Waals surface area contributed by atoms with Crippen LogP contribution in [0.3, 0.4) is 0 Å². The Kier molecular flexibility index (Phi) is 5.83. The molecule has 2 aliphatic heterocycles. The van der Waals surface area contributed by atoms with Crippen LogP contribution in [0.25, 0.3) is 22.3 Å². The fourth-order valence-corrected chi connectivity index (χ4v) is 4.05. The lowest BCUT2D eigenvalue weighted by Crippen LogP contribution is -2.41. The fraction of sp³-hybridized carbons (Fsp3) is 0.435. The average molecular weight is 406 g/mol. The molecule has 2 fully saturated rings. The van der Waals surface area contributed by atoms with Gasteiger partial charge in [-0.25, -0.2) is 9.97 Å². The van der Waals surface area contributed by atoms with Gasteiger partial charge in [-0.05, 0) is 30.4 Å². The minimum absolute atomic E-state index is 0.00897. The first kappa shape index (κ1) is 19.4. The van der Waals surface area contributed by atoms with E-state index < -0.39 is 0 Å². The van der Waals surface area contributed by atoms with Crippen LogP contribution < -0.4 is 10.1 Å². The van der Waals surface area contributed by atoms with Gasteiger partial charge in [-0.3, -0.25) is 4.98 Å². The van der Waals surface area contributed by atoms with E-state index in [-0.39, 0.29) is 6.10 Å². The summed E-state index contributed by atoms with van der Waals surface area (Å²) >= 11 is 0. The molecule has 2 saturated heterocycles. The lowest BCUT2D eigenvalue weighted by atomic mass is 9.91. The van der Waals surface area contributed by atoms with Gasteiger partial charge >= 0.3 is 0 Å². The summed E-state index contributed by atoms with van der Waals surface area (Å²) in [5, 5.41) is 3.32. The van der Waals surface area contributed by atoms with Crippen molar-refractivity contribution in [2.24, 2.45) is 0 Å². The van der Waals surface area contributed by atoms with Crippen LogP contribution in [0.15, 0.2) is 42.7 Å². The molecule has 0 amide bonds. The van der Waals surface area contributed by atoms with Crippen LogP contribution in [-0.2, 0) is 9.47 Å². The Morgan fingerprint density at radius 2 is 1.87 bits per heavy atom. The molecule has 1 aromatic carbocycles. The van der Waals surface area contributed by atoms with E-state index in [9.17, 15) is 0 Å². The van der Waals surface area contributed by atoms with E-state index in [0.717, 1.165) is 55.9 Å². The number of pyridine rings is 1. The van der Waals surface area contributed by atoms with Gasteiger partial charge < -0.3 is 19.5 Å². The molecule has 1 N–H and O–H groups in total. The van der Waals surface area contributed by atoms with Crippen LogP contribution >= 0.6 is 0 Å². The van der Waals surface area contributed by atoms with Gasteiger partial charge in [-0.1, -0.05) is 24.3 Å². The first-order valence-corrected chi connectivity index (χ1v) is 10.6. The normalized spacial score (nSPS) is 20.3. The van der Waals surface area contributed by atoms with Crippen molar-refractivity contribution in [2.75, 3.05) is 39.5 Å². The maximum absolute atomic E-state index is 6.05. The predicted octanol–water partition coefficient (Wildman–Crippen LogP) is 2.95. The summed E-state index contributed by atoms with van der Waals surface area (Å²) in [4.78, 5) is 13.7. The van der Waals surface area contributed by atoms with Gasteiger partial charge in [0, 0.05) is 44.3 Å². The van der Waals surface area contributed by atoms with Crippen molar-refractivity contribution in [3.63, 3.8) is 0 Å². The molecule has 1 unspecified atom stereocenters. The summed E-state index contributed by atoms with van der Waals surface area (Å²) in [5.74, 6) is 1.07. The molecule has 7 heteroatoms. The minimum Gasteiger partial charge on any atom is -0.473 e. The zero-order valence-electron chi connectivity index (χ0n) is 16.9. The Morgan fingerprint density at radius 1 is 1.03 bits per heavy atom. The largest absolute Gasteiger partial charge is 0.473 e. The van der Waals surface area contributed by atoms with Crippen molar-refractivity contribution in [1.82, 2.24) is 20.3 Å². The van der Waals surface area contributed by atoms with Crippen molar-refractivity contribution < 1.29 is 14.2 Å². The summed E-state index contributed by atoms with van der Waals surface area (Å²) < 4.78 is 17.3. The smallest absolute Gasteiger partial charge is 0.242 e. The molecule has 156 valence electrons. The monoisotopic (exact) mass is 406 g/mol. The molecule has 1 atom stereocenters. The quantitative estimate of drug-likeness (QED) is 0.698. The highest BCUT2D eigenvalue weighted by atomic mass is 16.5. The molecule has 4 heterocycles. The first-order chi connectivity index (χ1) is 14.9. The second-order valence-corrected chi connectivity index (χ2v) is 7.75. The van der Waals surface area contributed by atoms with Crippen LogP contribution in [0, 0.1) is 0 Å². The fourth-order valence-electron chi connectivity index (χ4n) is 4.05. The van der Waals surface area contributed by atoms with Gasteiger partial charge in [0.05, 0.1) is 17.8 Å². The van der Waals surface area contributed by atoms with Crippen molar-refractivity contribution >= 4 is 11.0 Å². The highest BCUT2D eigenvalue weighted by Gasteiger charge is 2.18. The summed E-state index contributed by atoms with van der Waals surface area (Å²) in [6.45, 7) is 4.47. The van der Waals surface area contributed by atoms with Crippen LogP contribution in [0.1, 0.15) is 24.3 Å². The van der Waals surface area contributed by atoms with Gasteiger partial charge in [-0.15, -0.1) is 0 Å². The molecule has 0 radical (unpaired) electrons. The van der Waals surface area contributed by atoms with Gasteiger partial charge in [0.1, 0.15) is 12.7 Å². The molecule has 0 saturated carbocycles. The standard InChI is InChI=1S/C23H26N4O3/c1-3-18(4-2-16(1)17-5-10-28-11-6-17)20-13-21-22(26-8-7-25-21)23(27-20)30-15-19-14-24-9-12-29-19/h1-4,7-8,13,17,19,24H,5-6,9-12,14-15H2. The van der Waals surface area contributed by atoms with Crippen LogP contribution in [-0.4, -0.2) is 60.6 Å². The minimum atomic E-state index is 0.00897. The lowest BCUT2D eigenvalue weighted by molar-refractivity contribution is -0.000407. The Balaban J connectivity index is 1.41. The Hall–Kier alpha value is -2.61. The highest BCUT2D eigenvalue weighted by molar-refractivity contribution is 5.83. The van der Waals surface area contributed by atoms with E-state index in [1.807, 2.05) is 6.07 Å². The van der Waals surface area contributed by atoms with Gasteiger partial charge in [0.2, 0.25) is 5.88 Å². The molecule has 30 heavy (non-hydrogen) atoms. The van der Waals surface area contributed by atoms with Crippen LogP contribution in [0.2, 0.25) is 0 Å². The molecule has 7 nitrogen and oxygen atoms in total. The number of benzene rings is 1. The molecule has 2 aliphatic rings. The summed E-state index contributed by atoms with van der Waals surface area (Å²) in [6, 6.07) is 10.6. The molecule has 5 rings (SSSR count). The van der Waals surface area contributed by atoms with Crippen LogP contribution in [0.5, 0.6) is 5.88 Å². The highest BCUT2D eigenvalue weighted by Crippen LogP contribution is 2.31. The van der Waals surface area contributed by atoms with Crippen LogP contribution in [0.4, 0.5) is 0 Å². The van der Waals surface area contributed by atoms with E-state index in [1.54, 1.807) is 12.4 Å². The van der Waals surface area contributed by atoms with Crippen molar-refractivity contribution in [1.29, 1.82) is 0 Å². The molecule has 0 spiro atoms. The number of morpholine rings is 1. The first-order valence-electron chi connectivity index (χ1n) is 10.6. The Labute approximate surface area is 175 Å². The third-order valence-electron chi connectivity index (χ3n) is 5.73. The van der Waals surface area contributed by atoms with E-state index in [4.69, 9.17) is 19.2 Å². The molecular formula is C23H26N4O3. The number of aromatic nitrogens is 3. The van der Waals surface area contributed by atoms with E-state index >= 15 is 0 Å².